The number of ether oxygens (including phenoxy) is 1. The molecular weight excluding hydrogens is 366 g/mol. The van der Waals surface area contributed by atoms with E-state index < -0.39 is 6.04 Å². The van der Waals surface area contributed by atoms with Crippen LogP contribution in [0.4, 0.5) is 0 Å². The van der Waals surface area contributed by atoms with Gasteiger partial charge >= 0.3 is 0 Å². The first kappa shape index (κ1) is 20.9. The summed E-state index contributed by atoms with van der Waals surface area (Å²) in [4.78, 5) is 29.0. The summed E-state index contributed by atoms with van der Waals surface area (Å²) in [6.45, 7) is 5.98. The molecule has 6 nitrogen and oxygen atoms in total. The van der Waals surface area contributed by atoms with Crippen LogP contribution in [0.2, 0.25) is 0 Å². The smallest absolute Gasteiger partial charge is 0.244 e. The standard InChI is InChI=1S/C23H29N3O3/c1-19(24-22(27)12-17-29-21-10-6-3-7-11-21)23(28)26-15-13-25(14-16-26)18-20-8-4-2-5-9-20/h2-11,19H,12-18H2,1H3,(H,24,27)/t19-/m1/s1. The molecule has 1 atom stereocenters. The second-order valence-electron chi connectivity index (χ2n) is 7.29. The molecule has 0 saturated carbocycles. The van der Waals surface area contributed by atoms with E-state index in [0.29, 0.717) is 13.1 Å². The molecule has 3 rings (SSSR count). The lowest BCUT2D eigenvalue weighted by Gasteiger charge is -2.36. The van der Waals surface area contributed by atoms with E-state index in [-0.39, 0.29) is 24.8 Å². The van der Waals surface area contributed by atoms with Gasteiger partial charge in [-0.2, -0.15) is 0 Å². The molecular formula is C23H29N3O3. The first-order valence-electron chi connectivity index (χ1n) is 10.1. The monoisotopic (exact) mass is 395 g/mol. The van der Waals surface area contributed by atoms with Gasteiger partial charge < -0.3 is 15.0 Å². The minimum Gasteiger partial charge on any atom is -0.493 e. The van der Waals surface area contributed by atoms with Crippen LogP contribution in [-0.2, 0) is 16.1 Å². The fraction of sp³-hybridized carbons (Fsp3) is 0.391. The first-order chi connectivity index (χ1) is 14.1. The summed E-state index contributed by atoms with van der Waals surface area (Å²) >= 11 is 0. The Morgan fingerprint density at radius 2 is 1.59 bits per heavy atom. The third-order valence-electron chi connectivity index (χ3n) is 5.02. The number of carbonyl (C=O) groups is 2. The summed E-state index contributed by atoms with van der Waals surface area (Å²) in [7, 11) is 0. The maximum Gasteiger partial charge on any atom is 0.244 e. The number of benzene rings is 2. The maximum absolute atomic E-state index is 12.7. The molecule has 1 fully saturated rings. The molecule has 2 aromatic rings. The van der Waals surface area contributed by atoms with Crippen LogP contribution in [0.1, 0.15) is 18.9 Å². The minimum absolute atomic E-state index is 0.0262. The lowest BCUT2D eigenvalue weighted by molar-refractivity contribution is -0.137. The molecule has 1 N–H and O–H groups in total. The average molecular weight is 396 g/mol. The van der Waals surface area contributed by atoms with Gasteiger partial charge in [-0.25, -0.2) is 0 Å². The molecule has 6 heteroatoms. The molecule has 0 unspecified atom stereocenters. The molecule has 0 bridgehead atoms. The molecule has 29 heavy (non-hydrogen) atoms. The fourth-order valence-electron chi connectivity index (χ4n) is 3.40. The van der Waals surface area contributed by atoms with Crippen molar-refractivity contribution < 1.29 is 14.3 Å². The third kappa shape index (κ3) is 6.61. The van der Waals surface area contributed by atoms with Gasteiger partial charge in [-0.05, 0) is 24.6 Å². The Kier molecular flexibility index (Phi) is 7.64. The van der Waals surface area contributed by atoms with Gasteiger partial charge in [0.1, 0.15) is 11.8 Å². The van der Waals surface area contributed by atoms with Gasteiger partial charge in [-0.1, -0.05) is 48.5 Å². The van der Waals surface area contributed by atoms with Crippen LogP contribution in [0.5, 0.6) is 5.75 Å². The lowest BCUT2D eigenvalue weighted by Crippen LogP contribution is -2.54. The number of nitrogens with zero attached hydrogens (tertiary/aromatic N) is 2. The molecule has 154 valence electrons. The number of hydrogen-bond acceptors (Lipinski definition) is 4. The van der Waals surface area contributed by atoms with Crippen molar-refractivity contribution >= 4 is 11.8 Å². The number of carbonyl (C=O) groups excluding carboxylic acids is 2. The molecule has 0 radical (unpaired) electrons. The van der Waals surface area contributed by atoms with E-state index in [2.05, 4.69) is 22.3 Å². The zero-order valence-electron chi connectivity index (χ0n) is 16.9. The molecule has 0 aliphatic carbocycles. The first-order valence-corrected chi connectivity index (χ1v) is 10.1. The SMILES string of the molecule is C[C@@H](NC(=O)CCOc1ccccc1)C(=O)N1CCN(Cc2ccccc2)CC1. The summed E-state index contributed by atoms with van der Waals surface area (Å²) in [5.74, 6) is 0.531. The molecule has 2 aromatic carbocycles. The van der Waals surface area contributed by atoms with Gasteiger partial charge in [-0.3, -0.25) is 14.5 Å². The Morgan fingerprint density at radius 1 is 0.966 bits per heavy atom. The van der Waals surface area contributed by atoms with Crippen LogP contribution in [0.3, 0.4) is 0 Å². The Hall–Kier alpha value is -2.86. The second-order valence-corrected chi connectivity index (χ2v) is 7.29. The normalized spacial score (nSPS) is 15.6. The number of hydrogen-bond donors (Lipinski definition) is 1. The van der Waals surface area contributed by atoms with Crippen molar-refractivity contribution in [2.75, 3.05) is 32.8 Å². The van der Waals surface area contributed by atoms with Crippen molar-refractivity contribution in [3.05, 3.63) is 66.2 Å². The van der Waals surface area contributed by atoms with E-state index >= 15 is 0 Å². The number of para-hydroxylation sites is 1. The van der Waals surface area contributed by atoms with E-state index in [4.69, 9.17) is 4.74 Å². The maximum atomic E-state index is 12.7. The lowest BCUT2D eigenvalue weighted by atomic mass is 10.2. The van der Waals surface area contributed by atoms with Gasteiger partial charge in [-0.15, -0.1) is 0 Å². The van der Waals surface area contributed by atoms with Crippen LogP contribution in [0.15, 0.2) is 60.7 Å². The van der Waals surface area contributed by atoms with E-state index in [1.54, 1.807) is 6.92 Å². The second kappa shape index (κ2) is 10.6. The highest BCUT2D eigenvalue weighted by Crippen LogP contribution is 2.10. The van der Waals surface area contributed by atoms with Crippen LogP contribution in [-0.4, -0.2) is 60.4 Å². The van der Waals surface area contributed by atoms with Gasteiger partial charge in [0.2, 0.25) is 11.8 Å². The zero-order valence-corrected chi connectivity index (χ0v) is 16.9. The summed E-state index contributed by atoms with van der Waals surface area (Å²) < 4.78 is 5.53. The van der Waals surface area contributed by atoms with Crippen molar-refractivity contribution in [1.29, 1.82) is 0 Å². The Balaban J connectivity index is 1.36. The predicted octanol–water partition coefficient (Wildman–Crippen LogP) is 2.30. The Morgan fingerprint density at radius 3 is 2.24 bits per heavy atom. The summed E-state index contributed by atoms with van der Waals surface area (Å²) in [5.41, 5.74) is 1.28. The molecule has 1 saturated heterocycles. The average Bonchev–Trinajstić information content (AvgIpc) is 2.75. The Bertz CT molecular complexity index is 774. The van der Waals surface area contributed by atoms with Gasteiger partial charge in [0.15, 0.2) is 0 Å². The van der Waals surface area contributed by atoms with E-state index in [1.807, 2.05) is 53.4 Å². The number of amides is 2. The summed E-state index contributed by atoms with van der Waals surface area (Å²) in [5, 5.41) is 2.79. The fourth-order valence-corrected chi connectivity index (χ4v) is 3.40. The van der Waals surface area contributed by atoms with Crippen molar-refractivity contribution in [3.63, 3.8) is 0 Å². The van der Waals surface area contributed by atoms with Gasteiger partial charge in [0.05, 0.1) is 13.0 Å². The number of piperazine rings is 1. The molecule has 0 spiro atoms. The van der Waals surface area contributed by atoms with Crippen molar-refractivity contribution in [2.24, 2.45) is 0 Å². The van der Waals surface area contributed by atoms with Crippen molar-refractivity contribution in [1.82, 2.24) is 15.1 Å². The van der Waals surface area contributed by atoms with Gasteiger partial charge in [0.25, 0.3) is 0 Å². The van der Waals surface area contributed by atoms with E-state index in [0.717, 1.165) is 25.4 Å². The van der Waals surface area contributed by atoms with Crippen LogP contribution in [0.25, 0.3) is 0 Å². The van der Waals surface area contributed by atoms with Crippen molar-refractivity contribution in [2.45, 2.75) is 25.9 Å². The largest absolute Gasteiger partial charge is 0.493 e. The third-order valence-corrected chi connectivity index (χ3v) is 5.02. The predicted molar refractivity (Wildman–Crippen MR) is 112 cm³/mol. The topological polar surface area (TPSA) is 61.9 Å². The highest BCUT2D eigenvalue weighted by molar-refractivity contribution is 5.87. The molecule has 2 amide bonds. The van der Waals surface area contributed by atoms with Crippen LogP contribution < -0.4 is 10.1 Å². The highest BCUT2D eigenvalue weighted by atomic mass is 16.5. The summed E-state index contributed by atoms with van der Waals surface area (Å²) in [6, 6.07) is 19.2. The number of nitrogens with one attached hydrogen (secondary N) is 1. The van der Waals surface area contributed by atoms with E-state index in [1.165, 1.54) is 5.56 Å². The number of rotatable bonds is 8. The molecule has 1 aliphatic heterocycles. The summed E-state index contributed by atoms with van der Waals surface area (Å²) in [6.07, 6.45) is 0.220. The van der Waals surface area contributed by atoms with Crippen LogP contribution >= 0.6 is 0 Å². The molecule has 1 heterocycles. The Labute approximate surface area is 172 Å². The van der Waals surface area contributed by atoms with Gasteiger partial charge in [0, 0.05) is 32.7 Å². The van der Waals surface area contributed by atoms with E-state index in [9.17, 15) is 9.59 Å². The van der Waals surface area contributed by atoms with Crippen LogP contribution in [0, 0.1) is 0 Å². The quantitative estimate of drug-likeness (QED) is 0.745. The van der Waals surface area contributed by atoms with Crippen molar-refractivity contribution in [3.8, 4) is 5.75 Å². The zero-order chi connectivity index (χ0) is 20.5. The molecule has 1 aliphatic rings. The molecule has 0 aromatic heterocycles. The highest BCUT2D eigenvalue weighted by Gasteiger charge is 2.25. The minimum atomic E-state index is -0.528.